The third kappa shape index (κ3) is 4.86. The first-order chi connectivity index (χ1) is 11.0. The van der Waals surface area contributed by atoms with E-state index in [1.165, 1.54) is 0 Å². The number of rotatable bonds is 2. The quantitative estimate of drug-likeness (QED) is 0.769. The predicted octanol–water partition coefficient (Wildman–Crippen LogP) is 3.07. The van der Waals surface area contributed by atoms with Gasteiger partial charge in [0.1, 0.15) is 6.54 Å². The van der Waals surface area contributed by atoms with Crippen molar-refractivity contribution >= 4 is 11.8 Å². The molecule has 2 amide bonds. The van der Waals surface area contributed by atoms with E-state index in [1.807, 2.05) is 0 Å². The van der Waals surface area contributed by atoms with E-state index < -0.39 is 24.5 Å². The maximum atomic E-state index is 12.6. The van der Waals surface area contributed by atoms with Crippen molar-refractivity contribution in [1.29, 1.82) is 0 Å². The predicted molar refractivity (Wildman–Crippen MR) is 84.1 cm³/mol. The van der Waals surface area contributed by atoms with E-state index in [9.17, 15) is 22.8 Å². The topological polar surface area (TPSA) is 40.6 Å². The summed E-state index contributed by atoms with van der Waals surface area (Å²) < 4.78 is 37.4. The number of carbonyl (C=O) groups is 2. The van der Waals surface area contributed by atoms with Crippen molar-refractivity contribution in [2.45, 2.75) is 52.6 Å². The van der Waals surface area contributed by atoms with Gasteiger partial charge >= 0.3 is 6.18 Å². The minimum atomic E-state index is -4.42. The molecule has 2 atom stereocenters. The van der Waals surface area contributed by atoms with E-state index in [1.54, 1.807) is 4.90 Å². The molecule has 24 heavy (non-hydrogen) atoms. The Morgan fingerprint density at radius 1 is 1.17 bits per heavy atom. The van der Waals surface area contributed by atoms with Crippen LogP contribution in [0.5, 0.6) is 0 Å². The molecule has 2 aliphatic rings. The van der Waals surface area contributed by atoms with Crippen molar-refractivity contribution in [3.8, 4) is 0 Å². The number of likely N-dealkylation sites (tertiary alicyclic amines) is 2. The number of carbonyl (C=O) groups excluding carboxylic acids is 2. The summed E-state index contributed by atoms with van der Waals surface area (Å²) in [4.78, 5) is 26.9. The van der Waals surface area contributed by atoms with Gasteiger partial charge in [0.15, 0.2) is 0 Å². The molecule has 0 aromatic carbocycles. The molecule has 7 heteroatoms. The summed E-state index contributed by atoms with van der Waals surface area (Å²) in [5.74, 6) is -0.844. The Kier molecular flexibility index (Phi) is 5.50. The highest BCUT2D eigenvalue weighted by Crippen LogP contribution is 2.35. The standard InChI is InChI=1S/C17H27F3N2O2/c1-16(2,3)13-5-4-7-21(8-6-13)15(24)12-9-14(23)22(10-12)11-17(18,19)20/h12-13H,4-11H2,1-3H3. The van der Waals surface area contributed by atoms with Crippen LogP contribution in [0.15, 0.2) is 0 Å². The molecule has 0 saturated carbocycles. The molecule has 0 bridgehead atoms. The molecule has 0 N–H and O–H groups in total. The summed E-state index contributed by atoms with van der Waals surface area (Å²) in [6.07, 6.45) is -1.66. The van der Waals surface area contributed by atoms with Crippen LogP contribution in [0.25, 0.3) is 0 Å². The van der Waals surface area contributed by atoms with E-state index in [-0.39, 0.29) is 24.3 Å². The van der Waals surface area contributed by atoms with Crippen LogP contribution in [-0.4, -0.2) is 54.0 Å². The van der Waals surface area contributed by atoms with Gasteiger partial charge in [-0.1, -0.05) is 20.8 Å². The summed E-state index contributed by atoms with van der Waals surface area (Å²) >= 11 is 0. The SMILES string of the molecule is CC(C)(C)C1CCCN(C(=O)C2CC(=O)N(CC(F)(F)F)C2)CC1. The first kappa shape index (κ1) is 19.1. The van der Waals surface area contributed by atoms with Gasteiger partial charge in [-0.3, -0.25) is 9.59 Å². The van der Waals surface area contributed by atoms with Crippen molar-refractivity contribution < 1.29 is 22.8 Å². The Bertz CT molecular complexity index is 485. The van der Waals surface area contributed by atoms with Crippen molar-refractivity contribution in [3.63, 3.8) is 0 Å². The number of amides is 2. The maximum Gasteiger partial charge on any atom is 0.406 e. The zero-order chi connectivity index (χ0) is 18.1. The zero-order valence-electron chi connectivity index (χ0n) is 14.7. The van der Waals surface area contributed by atoms with E-state index in [4.69, 9.17) is 0 Å². The lowest BCUT2D eigenvalue weighted by Crippen LogP contribution is -2.39. The first-order valence-corrected chi connectivity index (χ1v) is 8.60. The minimum absolute atomic E-state index is 0.103. The molecule has 2 fully saturated rings. The number of alkyl halides is 3. The zero-order valence-corrected chi connectivity index (χ0v) is 14.7. The fourth-order valence-electron chi connectivity index (χ4n) is 3.75. The summed E-state index contributed by atoms with van der Waals surface area (Å²) in [7, 11) is 0. The number of hydrogen-bond donors (Lipinski definition) is 0. The summed E-state index contributed by atoms with van der Waals surface area (Å²) in [5.41, 5.74) is 0.186. The van der Waals surface area contributed by atoms with Crippen LogP contribution < -0.4 is 0 Å². The number of hydrogen-bond acceptors (Lipinski definition) is 2. The summed E-state index contributed by atoms with van der Waals surface area (Å²) in [6.45, 7) is 6.47. The van der Waals surface area contributed by atoms with E-state index in [2.05, 4.69) is 20.8 Å². The molecule has 0 aliphatic carbocycles. The normalized spacial score (nSPS) is 26.7. The van der Waals surface area contributed by atoms with Crippen molar-refractivity contribution in [2.75, 3.05) is 26.2 Å². The monoisotopic (exact) mass is 348 g/mol. The number of nitrogens with zero attached hydrogens (tertiary/aromatic N) is 2. The Labute approximate surface area is 141 Å². The van der Waals surface area contributed by atoms with E-state index in [0.717, 1.165) is 24.2 Å². The van der Waals surface area contributed by atoms with Gasteiger partial charge in [0.25, 0.3) is 0 Å². The van der Waals surface area contributed by atoms with Gasteiger partial charge in [0.2, 0.25) is 11.8 Å². The minimum Gasteiger partial charge on any atom is -0.342 e. The fourth-order valence-corrected chi connectivity index (χ4v) is 3.75. The molecule has 2 heterocycles. The molecular formula is C17H27F3N2O2. The molecule has 2 rings (SSSR count). The molecule has 2 unspecified atom stereocenters. The third-order valence-corrected chi connectivity index (χ3v) is 5.20. The molecular weight excluding hydrogens is 321 g/mol. The molecule has 4 nitrogen and oxygen atoms in total. The first-order valence-electron chi connectivity index (χ1n) is 8.60. The van der Waals surface area contributed by atoms with Crippen LogP contribution in [-0.2, 0) is 9.59 Å². The average Bonchev–Trinajstić information content (AvgIpc) is 2.64. The highest BCUT2D eigenvalue weighted by molar-refractivity contribution is 5.89. The summed E-state index contributed by atoms with van der Waals surface area (Å²) in [6, 6.07) is 0. The molecule has 0 aromatic rings. The molecule has 138 valence electrons. The second kappa shape index (κ2) is 6.92. The smallest absolute Gasteiger partial charge is 0.342 e. The lowest BCUT2D eigenvalue weighted by Gasteiger charge is -2.30. The van der Waals surface area contributed by atoms with E-state index >= 15 is 0 Å². The molecule has 0 radical (unpaired) electrons. The third-order valence-electron chi connectivity index (χ3n) is 5.20. The van der Waals surface area contributed by atoms with Crippen molar-refractivity contribution in [1.82, 2.24) is 9.80 Å². The largest absolute Gasteiger partial charge is 0.406 e. The van der Waals surface area contributed by atoms with Gasteiger partial charge in [-0.15, -0.1) is 0 Å². The highest BCUT2D eigenvalue weighted by Gasteiger charge is 2.42. The lowest BCUT2D eigenvalue weighted by molar-refractivity contribution is -0.157. The lowest BCUT2D eigenvalue weighted by atomic mass is 9.77. The van der Waals surface area contributed by atoms with Crippen LogP contribution in [0.3, 0.4) is 0 Å². The Balaban J connectivity index is 1.94. The van der Waals surface area contributed by atoms with Gasteiger partial charge < -0.3 is 9.80 Å². The average molecular weight is 348 g/mol. The van der Waals surface area contributed by atoms with Crippen LogP contribution in [0.2, 0.25) is 0 Å². The van der Waals surface area contributed by atoms with Crippen LogP contribution >= 0.6 is 0 Å². The fraction of sp³-hybridized carbons (Fsp3) is 0.882. The molecule has 0 aromatic heterocycles. The van der Waals surface area contributed by atoms with Crippen LogP contribution in [0.4, 0.5) is 13.2 Å². The number of halogens is 3. The highest BCUT2D eigenvalue weighted by atomic mass is 19.4. The van der Waals surface area contributed by atoms with Crippen molar-refractivity contribution in [2.24, 2.45) is 17.3 Å². The van der Waals surface area contributed by atoms with E-state index in [0.29, 0.717) is 19.0 Å². The second-order valence-electron chi connectivity index (χ2n) is 8.11. The Morgan fingerprint density at radius 2 is 1.83 bits per heavy atom. The molecule has 2 aliphatic heterocycles. The van der Waals surface area contributed by atoms with Gasteiger partial charge in [-0.2, -0.15) is 13.2 Å². The van der Waals surface area contributed by atoms with Crippen LogP contribution in [0.1, 0.15) is 46.5 Å². The van der Waals surface area contributed by atoms with Gasteiger partial charge in [-0.05, 0) is 30.6 Å². The van der Waals surface area contributed by atoms with Gasteiger partial charge in [-0.25, -0.2) is 0 Å². The summed E-state index contributed by atoms with van der Waals surface area (Å²) in [5, 5.41) is 0. The second-order valence-corrected chi connectivity index (χ2v) is 8.11. The Hall–Kier alpha value is -1.27. The Morgan fingerprint density at radius 3 is 2.42 bits per heavy atom. The maximum absolute atomic E-state index is 12.6. The molecule has 0 spiro atoms. The van der Waals surface area contributed by atoms with Gasteiger partial charge in [0, 0.05) is 26.1 Å². The van der Waals surface area contributed by atoms with Crippen LogP contribution in [0, 0.1) is 17.3 Å². The molecule has 2 saturated heterocycles. The van der Waals surface area contributed by atoms with Crippen molar-refractivity contribution in [3.05, 3.63) is 0 Å². The van der Waals surface area contributed by atoms with Gasteiger partial charge in [0.05, 0.1) is 5.92 Å².